The van der Waals surface area contributed by atoms with Gasteiger partial charge in [-0.1, -0.05) is 0 Å². The summed E-state index contributed by atoms with van der Waals surface area (Å²) in [6.45, 7) is 1.88. The van der Waals surface area contributed by atoms with Gasteiger partial charge in [-0.25, -0.2) is 0 Å². The molecule has 0 aromatic heterocycles. The third-order valence-corrected chi connectivity index (χ3v) is 2.77. The van der Waals surface area contributed by atoms with Gasteiger partial charge in [0.05, 0.1) is 17.9 Å². The molecule has 3 rings (SSSR count). The van der Waals surface area contributed by atoms with Gasteiger partial charge in [-0.3, -0.25) is 4.99 Å². The molecule has 4 nitrogen and oxygen atoms in total. The van der Waals surface area contributed by atoms with E-state index >= 15 is 0 Å². The standard InChI is InChI=1S/C10H12N4/c1-13-9-6-7(11)2-3-8(9)14-5-4-12-10(13)14/h2-3,6H,4-5,11H2,1H3. The molecule has 0 atom stereocenters. The summed E-state index contributed by atoms with van der Waals surface area (Å²) in [6, 6.07) is 6.00. The van der Waals surface area contributed by atoms with E-state index in [1.54, 1.807) is 0 Å². The number of nitrogens with two attached hydrogens (primary N) is 1. The first-order valence-corrected chi connectivity index (χ1v) is 4.72. The Morgan fingerprint density at radius 3 is 3.07 bits per heavy atom. The molecule has 2 N–H and O–H groups in total. The molecule has 1 aromatic carbocycles. The third kappa shape index (κ3) is 0.801. The zero-order valence-corrected chi connectivity index (χ0v) is 8.07. The van der Waals surface area contributed by atoms with E-state index in [1.807, 2.05) is 19.2 Å². The van der Waals surface area contributed by atoms with Crippen molar-refractivity contribution < 1.29 is 0 Å². The Hall–Kier alpha value is -1.71. The minimum Gasteiger partial charge on any atom is -0.399 e. The van der Waals surface area contributed by atoms with E-state index in [9.17, 15) is 0 Å². The van der Waals surface area contributed by atoms with Crippen LogP contribution in [0.15, 0.2) is 23.2 Å². The second kappa shape index (κ2) is 2.41. The first kappa shape index (κ1) is 7.67. The monoisotopic (exact) mass is 188 g/mol. The predicted molar refractivity (Wildman–Crippen MR) is 58.9 cm³/mol. The summed E-state index contributed by atoms with van der Waals surface area (Å²) in [5.41, 5.74) is 8.94. The summed E-state index contributed by atoms with van der Waals surface area (Å²) in [5, 5.41) is 0. The summed E-state index contributed by atoms with van der Waals surface area (Å²) in [5.74, 6) is 1.05. The summed E-state index contributed by atoms with van der Waals surface area (Å²) in [7, 11) is 2.03. The number of guanidine groups is 1. The number of nitrogen functional groups attached to an aromatic ring is 1. The van der Waals surface area contributed by atoms with E-state index < -0.39 is 0 Å². The van der Waals surface area contributed by atoms with Crippen molar-refractivity contribution >= 4 is 23.0 Å². The van der Waals surface area contributed by atoms with Gasteiger partial charge in [0.2, 0.25) is 5.96 Å². The van der Waals surface area contributed by atoms with Crippen LogP contribution < -0.4 is 15.5 Å². The number of benzene rings is 1. The van der Waals surface area contributed by atoms with Gasteiger partial charge in [0, 0.05) is 19.3 Å². The maximum Gasteiger partial charge on any atom is 0.205 e. The average Bonchev–Trinajstić information content (AvgIpc) is 2.72. The highest BCUT2D eigenvalue weighted by molar-refractivity contribution is 6.17. The lowest BCUT2D eigenvalue weighted by Gasteiger charge is -2.12. The van der Waals surface area contributed by atoms with Crippen molar-refractivity contribution in [3.8, 4) is 0 Å². The first-order chi connectivity index (χ1) is 6.77. The maximum atomic E-state index is 5.76. The van der Waals surface area contributed by atoms with E-state index in [4.69, 9.17) is 5.73 Å². The van der Waals surface area contributed by atoms with Crippen molar-refractivity contribution in [2.75, 3.05) is 35.7 Å². The highest BCUT2D eigenvalue weighted by Crippen LogP contribution is 2.38. The van der Waals surface area contributed by atoms with Gasteiger partial charge in [-0.15, -0.1) is 0 Å². The largest absolute Gasteiger partial charge is 0.399 e. The number of rotatable bonds is 0. The topological polar surface area (TPSA) is 44.9 Å². The molecule has 1 aromatic rings. The van der Waals surface area contributed by atoms with Gasteiger partial charge in [-0.05, 0) is 18.2 Å². The Morgan fingerprint density at radius 2 is 2.21 bits per heavy atom. The highest BCUT2D eigenvalue weighted by Gasteiger charge is 2.32. The van der Waals surface area contributed by atoms with Crippen LogP contribution in [-0.2, 0) is 0 Å². The van der Waals surface area contributed by atoms with Crippen LogP contribution in [0.1, 0.15) is 0 Å². The fraction of sp³-hybridized carbons (Fsp3) is 0.300. The average molecular weight is 188 g/mol. The number of nitrogens with zero attached hydrogens (tertiary/aromatic N) is 3. The van der Waals surface area contributed by atoms with Crippen LogP contribution in [0.25, 0.3) is 0 Å². The van der Waals surface area contributed by atoms with Gasteiger partial charge >= 0.3 is 0 Å². The highest BCUT2D eigenvalue weighted by atomic mass is 15.4. The van der Waals surface area contributed by atoms with Crippen LogP contribution in [-0.4, -0.2) is 26.1 Å². The van der Waals surface area contributed by atoms with Crippen molar-refractivity contribution in [1.82, 2.24) is 0 Å². The van der Waals surface area contributed by atoms with Crippen molar-refractivity contribution in [2.24, 2.45) is 4.99 Å². The Bertz CT molecular complexity index is 424. The lowest BCUT2D eigenvalue weighted by Crippen LogP contribution is -2.32. The molecule has 0 unspecified atom stereocenters. The molecule has 0 aliphatic carbocycles. The van der Waals surface area contributed by atoms with E-state index in [1.165, 1.54) is 5.69 Å². The molecular weight excluding hydrogens is 176 g/mol. The molecule has 2 heterocycles. The van der Waals surface area contributed by atoms with Crippen LogP contribution >= 0.6 is 0 Å². The number of anilines is 3. The molecule has 0 fully saturated rings. The minimum absolute atomic E-state index is 0.803. The molecule has 14 heavy (non-hydrogen) atoms. The van der Waals surface area contributed by atoms with E-state index in [0.717, 1.165) is 30.4 Å². The third-order valence-electron chi connectivity index (χ3n) is 2.77. The van der Waals surface area contributed by atoms with Crippen LogP contribution in [0.2, 0.25) is 0 Å². The van der Waals surface area contributed by atoms with Gasteiger partial charge in [0.1, 0.15) is 0 Å². The molecule has 0 saturated carbocycles. The van der Waals surface area contributed by atoms with Gasteiger partial charge in [0.15, 0.2) is 0 Å². The van der Waals surface area contributed by atoms with Crippen LogP contribution in [0.5, 0.6) is 0 Å². The normalized spacial score (nSPS) is 18.2. The second-order valence-electron chi connectivity index (χ2n) is 3.64. The van der Waals surface area contributed by atoms with Gasteiger partial charge in [-0.2, -0.15) is 0 Å². The Morgan fingerprint density at radius 1 is 1.36 bits per heavy atom. The number of fused-ring (bicyclic) bond motifs is 3. The number of hydrogen-bond acceptors (Lipinski definition) is 4. The number of hydrogen-bond donors (Lipinski definition) is 1. The first-order valence-electron chi connectivity index (χ1n) is 4.72. The van der Waals surface area contributed by atoms with Crippen LogP contribution in [0.4, 0.5) is 17.1 Å². The summed E-state index contributed by atoms with van der Waals surface area (Å²) >= 11 is 0. The lowest BCUT2D eigenvalue weighted by atomic mass is 10.2. The quantitative estimate of drug-likeness (QED) is 0.615. The van der Waals surface area contributed by atoms with E-state index in [2.05, 4.69) is 20.9 Å². The fourth-order valence-corrected chi connectivity index (χ4v) is 2.10. The molecule has 72 valence electrons. The van der Waals surface area contributed by atoms with Crippen molar-refractivity contribution in [2.45, 2.75) is 0 Å². The van der Waals surface area contributed by atoms with Gasteiger partial charge < -0.3 is 15.5 Å². The molecule has 2 aliphatic rings. The van der Waals surface area contributed by atoms with Crippen molar-refractivity contribution in [3.63, 3.8) is 0 Å². The molecule has 0 saturated heterocycles. The zero-order chi connectivity index (χ0) is 9.71. The summed E-state index contributed by atoms with van der Waals surface area (Å²) < 4.78 is 0. The zero-order valence-electron chi connectivity index (χ0n) is 8.07. The summed E-state index contributed by atoms with van der Waals surface area (Å²) in [4.78, 5) is 8.78. The molecule has 0 amide bonds. The molecule has 4 heteroatoms. The SMILES string of the molecule is CN1C2=NCCN2c2ccc(N)cc21. The predicted octanol–water partition coefficient (Wildman–Crippen LogP) is 0.895. The Kier molecular flexibility index (Phi) is 1.32. The van der Waals surface area contributed by atoms with Crippen molar-refractivity contribution in [3.05, 3.63) is 18.2 Å². The molecule has 0 bridgehead atoms. The van der Waals surface area contributed by atoms with E-state index in [-0.39, 0.29) is 0 Å². The minimum atomic E-state index is 0.803. The Balaban J connectivity index is 2.20. The molecule has 0 spiro atoms. The second-order valence-corrected chi connectivity index (χ2v) is 3.64. The number of aliphatic imine (C=N–C) groups is 1. The van der Waals surface area contributed by atoms with Crippen LogP contribution in [0.3, 0.4) is 0 Å². The molecule has 0 radical (unpaired) electrons. The maximum absolute atomic E-state index is 5.76. The summed E-state index contributed by atoms with van der Waals surface area (Å²) in [6.07, 6.45) is 0. The van der Waals surface area contributed by atoms with Crippen molar-refractivity contribution in [1.29, 1.82) is 0 Å². The van der Waals surface area contributed by atoms with E-state index in [0.29, 0.717) is 0 Å². The Labute approximate surface area is 82.6 Å². The smallest absolute Gasteiger partial charge is 0.205 e. The molecular formula is C10H12N4. The molecule has 2 aliphatic heterocycles. The van der Waals surface area contributed by atoms with Crippen LogP contribution in [0, 0.1) is 0 Å². The van der Waals surface area contributed by atoms with Gasteiger partial charge in [0.25, 0.3) is 0 Å². The fourth-order valence-electron chi connectivity index (χ4n) is 2.10. The lowest BCUT2D eigenvalue weighted by molar-refractivity contribution is 1.03.